The minimum Gasteiger partial charge on any atom is -0.460 e. The molecule has 4 aliphatic rings. The van der Waals surface area contributed by atoms with Crippen LogP contribution in [0.25, 0.3) is 0 Å². The highest BCUT2D eigenvalue weighted by Gasteiger charge is 2.53. The van der Waals surface area contributed by atoms with Crippen molar-refractivity contribution in [2.75, 3.05) is 27.9 Å². The first-order chi connectivity index (χ1) is 30.7. The third-order valence-electron chi connectivity index (χ3n) is 14.5. The zero-order valence-corrected chi connectivity index (χ0v) is 40.6. The highest BCUT2D eigenvalue weighted by atomic mass is 16.6. The summed E-state index contributed by atoms with van der Waals surface area (Å²) in [5.41, 5.74) is 1.19. The van der Waals surface area contributed by atoms with Crippen LogP contribution in [0.1, 0.15) is 126 Å². The van der Waals surface area contributed by atoms with Gasteiger partial charge < -0.3 is 43.9 Å². The van der Waals surface area contributed by atoms with E-state index in [1.165, 1.54) is 12.0 Å². The average molecular weight is 914 g/mol. The minimum atomic E-state index is -2.43. The average Bonchev–Trinajstić information content (AvgIpc) is 3.28. The highest BCUT2D eigenvalue weighted by molar-refractivity contribution is 6.39. The zero-order valence-electron chi connectivity index (χ0n) is 40.6. The third-order valence-corrected chi connectivity index (χ3v) is 14.5. The number of nitrogens with zero attached hydrogens (tertiary/aromatic N) is 1. The van der Waals surface area contributed by atoms with Gasteiger partial charge in [0.25, 0.3) is 11.7 Å². The standard InChI is InChI=1S/C51H79NO13/c1-30-16-12-11-13-17-31(2)42(61-8)28-38-21-19-36(7)51(60,65-38)48(57)49(58)52-23-15-14-18-39(52)50(59)64-43(33(4)26-37-20-22-40(53)44(27-37)62-9)29-41(54)32(3)25-35(6)46(56)47(63-10)45(55)34(5)24-30/h11-13,16-17,25,30,33-40,42-44,46-47,53,56,60H,14-15,18-24,26-29H2,1-10H3/t30-,33-,34-,35?,36-,37+,38+,39?,40-,42+,43?,44-,46?,47+,51-/m1/s1. The number of ether oxygens (including phenoxy) is 5. The second-order valence-corrected chi connectivity index (χ2v) is 19.6. The van der Waals surface area contributed by atoms with Gasteiger partial charge in [0.05, 0.1) is 30.5 Å². The van der Waals surface area contributed by atoms with Crippen molar-refractivity contribution in [1.82, 2.24) is 4.90 Å². The Labute approximate surface area is 387 Å². The molecule has 3 aliphatic heterocycles. The SMILES string of the molecule is CO[C@H]1C[C@@H]2CC[C@@H](C)[C@@](O)(O2)C(=O)C(=O)N2CCCCC2C(=O)OC([C@H](C)C[C@@H]2CC[C@@H](O)[C@H](OC)C2)CC(=O)C(C)=CC(C)C(O)[C@@H](OC)C(=O)[C@H](C)C[C@H](C)C=CC=CC=C1C. The van der Waals surface area contributed by atoms with E-state index in [4.69, 9.17) is 23.7 Å². The van der Waals surface area contributed by atoms with Crippen molar-refractivity contribution >= 4 is 29.2 Å². The molecule has 14 heteroatoms. The zero-order chi connectivity index (χ0) is 48.2. The molecule has 3 N–H and O–H groups in total. The van der Waals surface area contributed by atoms with Crippen LogP contribution in [0, 0.1) is 35.5 Å². The first-order valence-corrected chi connectivity index (χ1v) is 23.9. The molecule has 14 nitrogen and oxygen atoms in total. The molecule has 0 spiro atoms. The largest absolute Gasteiger partial charge is 0.460 e. The molecular formula is C51H79NO13. The number of hydrogen-bond acceptors (Lipinski definition) is 13. The number of piperidine rings is 1. The van der Waals surface area contributed by atoms with Crippen molar-refractivity contribution in [1.29, 1.82) is 0 Å². The van der Waals surface area contributed by atoms with Crippen molar-refractivity contribution in [3.05, 3.63) is 47.6 Å². The van der Waals surface area contributed by atoms with Crippen LogP contribution in [0.4, 0.5) is 0 Å². The molecule has 2 bridgehead atoms. The molecular weight excluding hydrogens is 835 g/mol. The second-order valence-electron chi connectivity index (χ2n) is 19.6. The van der Waals surface area contributed by atoms with E-state index >= 15 is 0 Å². The predicted octanol–water partition coefficient (Wildman–Crippen LogP) is 6.18. The Morgan fingerprint density at radius 2 is 1.58 bits per heavy atom. The monoisotopic (exact) mass is 914 g/mol. The molecule has 3 fully saturated rings. The number of aliphatic hydroxyl groups excluding tert-OH is 2. The van der Waals surface area contributed by atoms with E-state index in [0.717, 1.165) is 12.0 Å². The number of Topliss-reactive ketones (excluding diaryl/α,β-unsaturated/α-hetero) is 3. The maximum Gasteiger partial charge on any atom is 0.329 e. The molecule has 0 aromatic rings. The van der Waals surface area contributed by atoms with Crippen molar-refractivity contribution in [2.45, 2.75) is 180 Å². The number of rotatable bonds is 6. The van der Waals surface area contributed by atoms with Crippen LogP contribution >= 0.6 is 0 Å². The first kappa shape index (κ1) is 54.2. The van der Waals surface area contributed by atoms with Crippen LogP contribution in [-0.2, 0) is 47.7 Å². The van der Waals surface area contributed by atoms with E-state index in [9.17, 15) is 39.3 Å². The summed E-state index contributed by atoms with van der Waals surface area (Å²) >= 11 is 0. The molecule has 15 atom stereocenters. The van der Waals surface area contributed by atoms with Crippen molar-refractivity contribution in [3.8, 4) is 0 Å². The van der Waals surface area contributed by atoms with E-state index in [2.05, 4.69) is 0 Å². The number of fused-ring (bicyclic) bond motifs is 3. The smallest absolute Gasteiger partial charge is 0.329 e. The Bertz CT molecular complexity index is 1760. The molecule has 0 aromatic heterocycles. The molecule has 4 rings (SSSR count). The first-order valence-electron chi connectivity index (χ1n) is 23.9. The van der Waals surface area contributed by atoms with E-state index in [0.29, 0.717) is 63.4 Å². The minimum absolute atomic E-state index is 0.0220. The van der Waals surface area contributed by atoms with Gasteiger partial charge in [-0.05, 0) is 107 Å². The Morgan fingerprint density at radius 1 is 0.862 bits per heavy atom. The Hall–Kier alpha value is -3.37. The summed E-state index contributed by atoms with van der Waals surface area (Å²) in [6, 6.07) is -1.14. The number of methoxy groups -OCH3 is 3. The third kappa shape index (κ3) is 14.3. The van der Waals surface area contributed by atoms with Crippen molar-refractivity contribution in [3.63, 3.8) is 0 Å². The van der Waals surface area contributed by atoms with Crippen LogP contribution in [-0.4, -0.2) is 132 Å². The lowest BCUT2D eigenvalue weighted by Gasteiger charge is -2.42. The lowest BCUT2D eigenvalue weighted by Crippen LogP contribution is -2.61. The summed E-state index contributed by atoms with van der Waals surface area (Å²) in [5.74, 6) is -7.93. The van der Waals surface area contributed by atoms with Crippen LogP contribution in [0.15, 0.2) is 47.6 Å². The number of ketones is 3. The topological polar surface area (TPSA) is 195 Å². The molecule has 0 aromatic carbocycles. The fourth-order valence-corrected chi connectivity index (χ4v) is 10.1. The molecule has 1 amide bonds. The predicted molar refractivity (Wildman–Crippen MR) is 245 cm³/mol. The van der Waals surface area contributed by atoms with Gasteiger partial charge in [-0.15, -0.1) is 0 Å². The maximum absolute atomic E-state index is 14.4. The van der Waals surface area contributed by atoms with Gasteiger partial charge in [-0.1, -0.05) is 71.1 Å². The van der Waals surface area contributed by atoms with Crippen LogP contribution < -0.4 is 0 Å². The lowest BCUT2D eigenvalue weighted by molar-refractivity contribution is -0.265. The molecule has 1 saturated carbocycles. The number of allylic oxidation sites excluding steroid dienone is 6. The molecule has 3 heterocycles. The second kappa shape index (κ2) is 25.1. The number of hydrogen-bond donors (Lipinski definition) is 3. The summed E-state index contributed by atoms with van der Waals surface area (Å²) in [5, 5.41) is 33.9. The molecule has 1 aliphatic carbocycles. The molecule has 366 valence electrons. The van der Waals surface area contributed by atoms with Crippen LogP contribution in [0.5, 0.6) is 0 Å². The Morgan fingerprint density at radius 3 is 2.26 bits per heavy atom. The van der Waals surface area contributed by atoms with E-state index < -0.39 is 83.9 Å². The summed E-state index contributed by atoms with van der Waals surface area (Å²) < 4.78 is 29.4. The van der Waals surface area contributed by atoms with Gasteiger partial charge in [-0.25, -0.2) is 4.79 Å². The van der Waals surface area contributed by atoms with Gasteiger partial charge in [0.15, 0.2) is 11.6 Å². The van der Waals surface area contributed by atoms with Crippen molar-refractivity contribution < 1.29 is 63.0 Å². The number of carbonyl (C=O) groups is 5. The number of esters is 1. The fourth-order valence-electron chi connectivity index (χ4n) is 10.1. The quantitative estimate of drug-likeness (QED) is 0.202. The maximum atomic E-state index is 14.4. The number of carbonyl (C=O) groups excluding carboxylic acids is 5. The van der Waals surface area contributed by atoms with Gasteiger partial charge in [0.2, 0.25) is 5.79 Å². The highest BCUT2D eigenvalue weighted by Crippen LogP contribution is 2.38. The lowest BCUT2D eigenvalue weighted by atomic mass is 9.78. The normalized spacial score (nSPS) is 37.8. The molecule has 4 unspecified atom stereocenters. The van der Waals surface area contributed by atoms with Crippen LogP contribution in [0.3, 0.4) is 0 Å². The van der Waals surface area contributed by atoms with E-state index in [-0.39, 0.29) is 54.8 Å². The Kier molecular flexibility index (Phi) is 21.0. The summed E-state index contributed by atoms with van der Waals surface area (Å²) in [4.78, 5) is 71.7. The molecule has 65 heavy (non-hydrogen) atoms. The van der Waals surface area contributed by atoms with Gasteiger partial charge in [-0.2, -0.15) is 0 Å². The van der Waals surface area contributed by atoms with Crippen LogP contribution in [0.2, 0.25) is 0 Å². The van der Waals surface area contributed by atoms with Crippen molar-refractivity contribution in [2.24, 2.45) is 35.5 Å². The number of aliphatic hydroxyl groups is 3. The summed E-state index contributed by atoms with van der Waals surface area (Å²) in [6.45, 7) is 12.7. The van der Waals surface area contributed by atoms with E-state index in [1.54, 1.807) is 41.1 Å². The Balaban J connectivity index is 1.70. The van der Waals surface area contributed by atoms with E-state index in [1.807, 2.05) is 58.1 Å². The summed E-state index contributed by atoms with van der Waals surface area (Å²) in [7, 11) is 4.53. The number of cyclic esters (lactones) is 1. The number of amides is 1. The molecule has 2 saturated heterocycles. The fraction of sp³-hybridized carbons (Fsp3) is 0.745. The van der Waals surface area contributed by atoms with Gasteiger partial charge in [0.1, 0.15) is 18.2 Å². The van der Waals surface area contributed by atoms with Gasteiger partial charge >= 0.3 is 5.97 Å². The summed E-state index contributed by atoms with van der Waals surface area (Å²) in [6.07, 6.45) is 11.2. The molecule has 0 radical (unpaired) electrons. The van der Waals surface area contributed by atoms with Gasteiger partial charge in [0, 0.05) is 58.5 Å². The van der Waals surface area contributed by atoms with Gasteiger partial charge in [-0.3, -0.25) is 19.2 Å².